The molecule has 1 N–H and O–H groups in total. The van der Waals surface area contributed by atoms with E-state index in [2.05, 4.69) is 5.32 Å². The zero-order chi connectivity index (χ0) is 17.3. The van der Waals surface area contributed by atoms with Gasteiger partial charge in [0, 0.05) is 10.7 Å². The van der Waals surface area contributed by atoms with Gasteiger partial charge >= 0.3 is 0 Å². The molecule has 1 atom stereocenters. The summed E-state index contributed by atoms with van der Waals surface area (Å²) in [4.78, 5) is 25.9. The molecule has 0 aromatic heterocycles. The minimum Gasteiger partial charge on any atom is -0.479 e. The van der Waals surface area contributed by atoms with Crippen LogP contribution in [0.1, 0.15) is 6.92 Å². The third kappa shape index (κ3) is 3.33. The molecule has 2 amide bonds. The van der Waals surface area contributed by atoms with Crippen LogP contribution >= 0.6 is 11.6 Å². The highest BCUT2D eigenvalue weighted by atomic mass is 35.5. The molecule has 2 aromatic carbocycles. The largest absolute Gasteiger partial charge is 0.479 e. The molecule has 124 valence electrons. The number of hydrogen-bond donors (Lipinski definition) is 1. The molecule has 0 saturated carbocycles. The highest BCUT2D eigenvalue weighted by molar-refractivity contribution is 6.31. The third-order valence-electron chi connectivity index (χ3n) is 3.56. The second-order valence-electron chi connectivity index (χ2n) is 5.35. The van der Waals surface area contributed by atoms with Crippen LogP contribution in [-0.4, -0.2) is 24.5 Å². The molecule has 5 nitrogen and oxygen atoms in total. The van der Waals surface area contributed by atoms with Gasteiger partial charge in [0.15, 0.2) is 6.10 Å². The first-order valence-corrected chi connectivity index (χ1v) is 7.65. The number of carbonyl (C=O) groups is 2. The molecule has 2 aromatic rings. The van der Waals surface area contributed by atoms with Crippen LogP contribution in [0.2, 0.25) is 5.02 Å². The van der Waals surface area contributed by atoms with Crippen molar-refractivity contribution in [3.63, 3.8) is 0 Å². The van der Waals surface area contributed by atoms with Crippen molar-refractivity contribution < 1.29 is 18.7 Å². The van der Waals surface area contributed by atoms with Crippen molar-refractivity contribution in [2.24, 2.45) is 0 Å². The Hall–Kier alpha value is -2.60. The van der Waals surface area contributed by atoms with Crippen molar-refractivity contribution in [2.75, 3.05) is 16.8 Å². The molecule has 0 aliphatic carbocycles. The number of ether oxygens (including phenoxy) is 1. The van der Waals surface area contributed by atoms with Crippen LogP contribution in [0.25, 0.3) is 0 Å². The van der Waals surface area contributed by atoms with Crippen LogP contribution in [-0.2, 0) is 9.59 Å². The molecule has 1 heterocycles. The quantitative estimate of drug-likeness (QED) is 0.926. The average Bonchev–Trinajstić information content (AvgIpc) is 2.55. The predicted octanol–water partition coefficient (Wildman–Crippen LogP) is 3.23. The predicted molar refractivity (Wildman–Crippen MR) is 88.9 cm³/mol. The lowest BCUT2D eigenvalue weighted by Gasteiger charge is -2.32. The Kier molecular flexibility index (Phi) is 4.40. The normalized spacial score (nSPS) is 16.4. The van der Waals surface area contributed by atoms with Crippen molar-refractivity contribution in [2.45, 2.75) is 13.0 Å². The van der Waals surface area contributed by atoms with Crippen LogP contribution in [0.15, 0.2) is 42.5 Å². The standard InChI is InChI=1S/C17H14ClFN2O3/c1-10-17(23)21(14-8-11(18)2-7-15(14)24-10)9-16(22)20-13-5-3-12(19)4-6-13/h2-8,10H,9H2,1H3,(H,20,22). The maximum Gasteiger partial charge on any atom is 0.268 e. The maximum atomic E-state index is 12.9. The zero-order valence-corrected chi connectivity index (χ0v) is 13.5. The van der Waals surface area contributed by atoms with E-state index in [1.165, 1.54) is 29.2 Å². The van der Waals surface area contributed by atoms with Gasteiger partial charge in [-0.25, -0.2) is 4.39 Å². The lowest BCUT2D eigenvalue weighted by molar-refractivity contribution is -0.127. The topological polar surface area (TPSA) is 58.6 Å². The number of halogens is 2. The fraction of sp³-hybridized carbons (Fsp3) is 0.176. The summed E-state index contributed by atoms with van der Waals surface area (Å²) in [5, 5.41) is 3.06. The van der Waals surface area contributed by atoms with E-state index in [9.17, 15) is 14.0 Å². The molecule has 7 heteroatoms. The Morgan fingerprint density at radius 1 is 1.29 bits per heavy atom. The number of nitrogens with one attached hydrogen (secondary N) is 1. The number of anilines is 2. The highest BCUT2D eigenvalue weighted by Gasteiger charge is 2.32. The fourth-order valence-corrected chi connectivity index (χ4v) is 2.59. The Labute approximate surface area is 143 Å². The molecule has 1 aliphatic rings. The minimum atomic E-state index is -0.697. The number of rotatable bonds is 3. The molecule has 0 fully saturated rings. The van der Waals surface area contributed by atoms with E-state index < -0.39 is 17.8 Å². The van der Waals surface area contributed by atoms with Gasteiger partial charge in [0.1, 0.15) is 18.1 Å². The van der Waals surface area contributed by atoms with E-state index in [4.69, 9.17) is 16.3 Å². The van der Waals surface area contributed by atoms with Crippen molar-refractivity contribution in [1.29, 1.82) is 0 Å². The van der Waals surface area contributed by atoms with E-state index in [1.807, 2.05) is 0 Å². The Morgan fingerprint density at radius 3 is 2.71 bits per heavy atom. The molecule has 1 unspecified atom stereocenters. The summed E-state index contributed by atoms with van der Waals surface area (Å²) in [6.07, 6.45) is -0.697. The van der Waals surface area contributed by atoms with Gasteiger partial charge in [-0.1, -0.05) is 11.6 Å². The summed E-state index contributed by atoms with van der Waals surface area (Å²) in [5.74, 6) is -0.649. The number of fused-ring (bicyclic) bond motifs is 1. The van der Waals surface area contributed by atoms with Gasteiger partial charge in [-0.05, 0) is 49.4 Å². The van der Waals surface area contributed by atoms with E-state index in [-0.39, 0.29) is 12.5 Å². The van der Waals surface area contributed by atoms with Gasteiger partial charge in [-0.2, -0.15) is 0 Å². The SMILES string of the molecule is CC1Oc2ccc(Cl)cc2N(CC(=O)Nc2ccc(F)cc2)C1=O. The monoisotopic (exact) mass is 348 g/mol. The van der Waals surface area contributed by atoms with Crippen LogP contribution in [0.4, 0.5) is 15.8 Å². The fourth-order valence-electron chi connectivity index (χ4n) is 2.42. The van der Waals surface area contributed by atoms with Crippen molar-refractivity contribution in [3.8, 4) is 5.75 Å². The van der Waals surface area contributed by atoms with Crippen LogP contribution in [0.5, 0.6) is 5.75 Å². The molecular formula is C17H14ClFN2O3. The zero-order valence-electron chi connectivity index (χ0n) is 12.8. The van der Waals surface area contributed by atoms with E-state index in [0.29, 0.717) is 22.1 Å². The van der Waals surface area contributed by atoms with Crippen molar-refractivity contribution in [3.05, 3.63) is 53.3 Å². The molecule has 0 radical (unpaired) electrons. The third-order valence-corrected chi connectivity index (χ3v) is 3.79. The summed E-state index contributed by atoms with van der Waals surface area (Å²) in [6.45, 7) is 1.42. The average molecular weight is 349 g/mol. The lowest BCUT2D eigenvalue weighted by atomic mass is 10.2. The molecule has 1 aliphatic heterocycles. The summed E-state index contributed by atoms with van der Waals surface area (Å²) in [6, 6.07) is 10.3. The maximum absolute atomic E-state index is 12.9. The summed E-state index contributed by atoms with van der Waals surface area (Å²) >= 11 is 5.98. The Morgan fingerprint density at radius 2 is 2.00 bits per heavy atom. The van der Waals surface area contributed by atoms with Crippen LogP contribution in [0, 0.1) is 5.82 Å². The number of carbonyl (C=O) groups excluding carboxylic acids is 2. The van der Waals surface area contributed by atoms with E-state index in [1.54, 1.807) is 25.1 Å². The summed E-state index contributed by atoms with van der Waals surface area (Å²) in [7, 11) is 0. The first-order chi connectivity index (χ1) is 11.4. The number of hydrogen-bond acceptors (Lipinski definition) is 3. The van der Waals surface area contributed by atoms with Crippen molar-refractivity contribution >= 4 is 34.8 Å². The second kappa shape index (κ2) is 6.49. The van der Waals surface area contributed by atoms with E-state index >= 15 is 0 Å². The first kappa shape index (κ1) is 16.3. The molecular weight excluding hydrogens is 335 g/mol. The number of nitrogens with zero attached hydrogens (tertiary/aromatic N) is 1. The van der Waals surface area contributed by atoms with Crippen LogP contribution < -0.4 is 15.0 Å². The van der Waals surface area contributed by atoms with Gasteiger partial charge in [0.25, 0.3) is 5.91 Å². The van der Waals surface area contributed by atoms with Gasteiger partial charge < -0.3 is 10.1 Å². The second-order valence-corrected chi connectivity index (χ2v) is 5.79. The smallest absolute Gasteiger partial charge is 0.268 e. The van der Waals surface area contributed by atoms with Gasteiger partial charge in [-0.3, -0.25) is 14.5 Å². The summed E-state index contributed by atoms with van der Waals surface area (Å²) in [5.41, 5.74) is 0.890. The lowest BCUT2D eigenvalue weighted by Crippen LogP contribution is -2.47. The Bertz CT molecular complexity index is 795. The van der Waals surface area contributed by atoms with Crippen LogP contribution in [0.3, 0.4) is 0 Å². The van der Waals surface area contributed by atoms with E-state index in [0.717, 1.165) is 0 Å². The Balaban J connectivity index is 1.80. The van der Waals surface area contributed by atoms with Gasteiger partial charge in [0.2, 0.25) is 5.91 Å². The minimum absolute atomic E-state index is 0.197. The summed E-state index contributed by atoms with van der Waals surface area (Å²) < 4.78 is 18.4. The van der Waals surface area contributed by atoms with Gasteiger partial charge in [0.05, 0.1) is 5.69 Å². The van der Waals surface area contributed by atoms with Gasteiger partial charge in [-0.15, -0.1) is 0 Å². The first-order valence-electron chi connectivity index (χ1n) is 7.27. The molecule has 24 heavy (non-hydrogen) atoms. The molecule has 0 spiro atoms. The number of benzene rings is 2. The van der Waals surface area contributed by atoms with Crippen molar-refractivity contribution in [1.82, 2.24) is 0 Å². The molecule has 3 rings (SSSR count). The molecule has 0 saturated heterocycles. The number of amides is 2. The molecule has 0 bridgehead atoms. The highest BCUT2D eigenvalue weighted by Crippen LogP contribution is 2.36.